The van der Waals surface area contributed by atoms with Crippen molar-refractivity contribution in [3.63, 3.8) is 0 Å². The van der Waals surface area contributed by atoms with Gasteiger partial charge in [-0.3, -0.25) is 4.79 Å². The van der Waals surface area contributed by atoms with Crippen molar-refractivity contribution in [1.29, 1.82) is 0 Å². The monoisotopic (exact) mass is 284 g/mol. The Labute approximate surface area is 111 Å². The van der Waals surface area contributed by atoms with Crippen LogP contribution in [0.15, 0.2) is 36.0 Å². The van der Waals surface area contributed by atoms with Gasteiger partial charge >= 0.3 is 0 Å². The lowest BCUT2D eigenvalue weighted by molar-refractivity contribution is 0.105. The Hall–Kier alpha value is -1.92. The number of Topliss-reactive ketones (excluding diaryl/α,β-unsaturated/α-hetero) is 1. The van der Waals surface area contributed by atoms with E-state index < -0.39 is 5.78 Å². The molecule has 2 aromatic rings. The molecule has 18 heavy (non-hydrogen) atoms. The summed E-state index contributed by atoms with van der Waals surface area (Å²) in [5.41, 5.74) is 0.157. The van der Waals surface area contributed by atoms with Gasteiger partial charge in [0.15, 0.2) is 0 Å². The lowest BCUT2D eigenvalue weighted by atomic mass is 10.1. The van der Waals surface area contributed by atoms with Crippen molar-refractivity contribution >= 4 is 34.8 Å². The van der Waals surface area contributed by atoms with Crippen LogP contribution < -0.4 is 0 Å². The summed E-state index contributed by atoms with van der Waals surface area (Å²) in [5.74, 6) is -0.901. The highest BCUT2D eigenvalue weighted by Gasteiger charge is 2.20. The van der Waals surface area contributed by atoms with Gasteiger partial charge in [-0.2, -0.15) is 9.78 Å². The summed E-state index contributed by atoms with van der Waals surface area (Å²) in [6.45, 7) is 0. The lowest BCUT2D eigenvalue weighted by Crippen LogP contribution is -2.24. The van der Waals surface area contributed by atoms with E-state index in [1.54, 1.807) is 0 Å². The second kappa shape index (κ2) is 5.16. The largest absolute Gasteiger partial charge is 0.409 e. The number of hydrogen-bond donors (Lipinski definition) is 1. The van der Waals surface area contributed by atoms with Gasteiger partial charge in [0, 0.05) is 10.6 Å². The minimum Gasteiger partial charge on any atom is -0.409 e. The lowest BCUT2D eigenvalue weighted by Gasteiger charge is -2.05. The number of hydrogen-bond acceptors (Lipinski definition) is 5. The van der Waals surface area contributed by atoms with E-state index >= 15 is 0 Å². The minimum absolute atomic E-state index is 0.157. The van der Waals surface area contributed by atoms with Gasteiger partial charge in [-0.05, 0) is 18.2 Å². The fraction of sp³-hybridized carbons (Fsp3) is 0. The Bertz CT molecular complexity index is 610. The van der Waals surface area contributed by atoms with Gasteiger partial charge in [0.1, 0.15) is 12.7 Å². The molecule has 0 aliphatic carbocycles. The number of ketones is 1. The summed E-state index contributed by atoms with van der Waals surface area (Å²) in [6.07, 6.45) is 2.44. The molecule has 0 atom stereocenters. The van der Waals surface area contributed by atoms with Crippen LogP contribution in [-0.4, -0.2) is 31.6 Å². The molecule has 0 radical (unpaired) electrons. The van der Waals surface area contributed by atoms with E-state index in [1.165, 1.54) is 30.9 Å². The number of benzene rings is 1. The summed E-state index contributed by atoms with van der Waals surface area (Å²) < 4.78 is 1.03. The molecule has 0 unspecified atom stereocenters. The summed E-state index contributed by atoms with van der Waals surface area (Å²) >= 11 is 11.6. The van der Waals surface area contributed by atoms with E-state index in [4.69, 9.17) is 28.4 Å². The summed E-state index contributed by atoms with van der Waals surface area (Å²) in [6, 6.07) is 4.37. The van der Waals surface area contributed by atoms with Crippen LogP contribution in [0.3, 0.4) is 0 Å². The van der Waals surface area contributed by atoms with Crippen LogP contribution in [0, 0.1) is 0 Å². The van der Waals surface area contributed by atoms with Crippen molar-refractivity contribution in [2.45, 2.75) is 0 Å². The van der Waals surface area contributed by atoms with Crippen LogP contribution in [0.4, 0.5) is 0 Å². The smallest absolute Gasteiger partial charge is 0.242 e. The third-order valence-corrected chi connectivity index (χ3v) is 2.66. The maximum absolute atomic E-state index is 12.1. The van der Waals surface area contributed by atoms with Crippen LogP contribution in [0.1, 0.15) is 10.4 Å². The molecule has 0 aliphatic rings. The van der Waals surface area contributed by atoms with Gasteiger partial charge in [-0.25, -0.2) is 4.98 Å². The fourth-order valence-corrected chi connectivity index (χ4v) is 1.80. The highest BCUT2D eigenvalue weighted by Crippen LogP contribution is 2.21. The van der Waals surface area contributed by atoms with Crippen molar-refractivity contribution in [3.8, 4) is 0 Å². The molecule has 8 heteroatoms. The first-order valence-corrected chi connectivity index (χ1v) is 5.46. The molecule has 0 bridgehead atoms. The number of aromatic nitrogens is 3. The number of carbonyl (C=O) groups is 1. The average Bonchev–Trinajstić information content (AvgIpc) is 2.83. The number of oxime groups is 1. The van der Waals surface area contributed by atoms with Crippen LogP contribution in [-0.2, 0) is 0 Å². The first-order chi connectivity index (χ1) is 8.63. The topological polar surface area (TPSA) is 80.4 Å². The molecule has 6 nitrogen and oxygen atoms in total. The van der Waals surface area contributed by atoms with Gasteiger partial charge in [0.2, 0.25) is 11.6 Å². The Kier molecular flexibility index (Phi) is 3.59. The quantitative estimate of drug-likeness (QED) is 0.301. The van der Waals surface area contributed by atoms with Crippen molar-refractivity contribution in [2.24, 2.45) is 5.16 Å². The molecule has 1 heterocycles. The second-order valence-electron chi connectivity index (χ2n) is 3.22. The average molecular weight is 285 g/mol. The summed E-state index contributed by atoms with van der Waals surface area (Å²) in [7, 11) is 0. The molecule has 2 rings (SSSR count). The molecule has 1 N–H and O–H groups in total. The van der Waals surface area contributed by atoms with E-state index in [-0.39, 0.29) is 16.4 Å². The number of rotatable bonds is 2. The van der Waals surface area contributed by atoms with Gasteiger partial charge in [-0.1, -0.05) is 28.4 Å². The highest BCUT2D eigenvalue weighted by molar-refractivity contribution is 6.49. The van der Waals surface area contributed by atoms with Crippen molar-refractivity contribution in [3.05, 3.63) is 46.5 Å². The highest BCUT2D eigenvalue weighted by atomic mass is 35.5. The van der Waals surface area contributed by atoms with Gasteiger partial charge in [0.05, 0.1) is 5.02 Å². The number of halogens is 2. The molecular formula is C10H6Cl2N4O2. The molecule has 0 saturated heterocycles. The van der Waals surface area contributed by atoms with E-state index in [0.717, 1.165) is 4.68 Å². The van der Waals surface area contributed by atoms with Gasteiger partial charge < -0.3 is 5.21 Å². The zero-order valence-electron chi connectivity index (χ0n) is 8.79. The predicted octanol–water partition coefficient (Wildman–Crippen LogP) is 2.10. The molecule has 1 aromatic carbocycles. The molecule has 0 amide bonds. The Balaban J connectivity index is 2.42. The summed E-state index contributed by atoms with van der Waals surface area (Å²) in [5, 5.41) is 16.1. The zero-order valence-corrected chi connectivity index (χ0v) is 10.3. The first kappa shape index (κ1) is 12.5. The van der Waals surface area contributed by atoms with Crippen LogP contribution in [0.25, 0.3) is 0 Å². The Morgan fingerprint density at radius 2 is 2.17 bits per heavy atom. The normalized spacial score (nSPS) is 11.6. The number of nitrogens with zero attached hydrogens (tertiary/aromatic N) is 4. The van der Waals surface area contributed by atoms with E-state index in [9.17, 15) is 4.79 Å². The summed E-state index contributed by atoms with van der Waals surface area (Å²) in [4.78, 5) is 15.8. The third-order valence-electron chi connectivity index (χ3n) is 2.11. The van der Waals surface area contributed by atoms with Crippen LogP contribution in [0.2, 0.25) is 10.0 Å². The molecule has 1 aromatic heterocycles. The second-order valence-corrected chi connectivity index (χ2v) is 4.06. The molecule has 0 fully saturated rings. The maximum atomic E-state index is 12.1. The Morgan fingerprint density at radius 1 is 1.39 bits per heavy atom. The SMILES string of the molecule is O=C(C(=NO)n1cncn1)c1ccc(Cl)cc1Cl. The molecule has 92 valence electrons. The zero-order chi connectivity index (χ0) is 13.1. The van der Waals surface area contributed by atoms with E-state index in [2.05, 4.69) is 15.2 Å². The van der Waals surface area contributed by atoms with Crippen molar-refractivity contribution < 1.29 is 10.0 Å². The Morgan fingerprint density at radius 3 is 2.72 bits per heavy atom. The molecule has 0 aliphatic heterocycles. The van der Waals surface area contributed by atoms with Gasteiger partial charge in [0.25, 0.3) is 0 Å². The predicted molar refractivity (Wildman–Crippen MR) is 65.4 cm³/mol. The number of carbonyl (C=O) groups excluding carboxylic acids is 1. The van der Waals surface area contributed by atoms with E-state index in [1.807, 2.05) is 0 Å². The first-order valence-electron chi connectivity index (χ1n) is 4.70. The molecular weight excluding hydrogens is 279 g/mol. The maximum Gasteiger partial charge on any atom is 0.242 e. The molecule has 0 saturated carbocycles. The van der Waals surface area contributed by atoms with E-state index in [0.29, 0.717) is 5.02 Å². The minimum atomic E-state index is -0.593. The van der Waals surface area contributed by atoms with Crippen LogP contribution >= 0.6 is 23.2 Å². The van der Waals surface area contributed by atoms with Gasteiger partial charge in [-0.15, -0.1) is 0 Å². The van der Waals surface area contributed by atoms with Crippen molar-refractivity contribution in [1.82, 2.24) is 14.8 Å². The van der Waals surface area contributed by atoms with Crippen molar-refractivity contribution in [2.75, 3.05) is 0 Å². The third kappa shape index (κ3) is 2.34. The molecule has 0 spiro atoms. The van der Waals surface area contributed by atoms with Crippen LogP contribution in [0.5, 0.6) is 0 Å². The standard InChI is InChI=1S/C10H6Cl2N4O2/c11-6-1-2-7(8(12)3-6)9(17)10(15-18)16-5-13-4-14-16/h1-5,18H. The fourth-order valence-electron chi connectivity index (χ4n) is 1.31.